The molecule has 0 aromatic heterocycles. The third-order valence-corrected chi connectivity index (χ3v) is 3.64. The molecule has 0 saturated carbocycles. The second-order valence-electron chi connectivity index (χ2n) is 5.82. The molecule has 2 aromatic rings. The molecule has 0 radical (unpaired) electrons. The van der Waals surface area contributed by atoms with Gasteiger partial charge < -0.3 is 15.2 Å². The van der Waals surface area contributed by atoms with Crippen molar-refractivity contribution >= 4 is 17.6 Å². The monoisotopic (exact) mass is 327 g/mol. The van der Waals surface area contributed by atoms with Crippen molar-refractivity contribution in [3.8, 4) is 5.75 Å². The van der Waals surface area contributed by atoms with E-state index in [0.717, 1.165) is 0 Å². The molecule has 0 fully saturated rings. The summed E-state index contributed by atoms with van der Waals surface area (Å²) < 4.78 is 5.62. The maximum Gasteiger partial charge on any atom is 0.337 e. The van der Waals surface area contributed by atoms with Gasteiger partial charge in [0.05, 0.1) is 11.3 Å². The molecular weight excluding hydrogens is 306 g/mol. The van der Waals surface area contributed by atoms with E-state index in [2.05, 4.69) is 19.2 Å². The third-order valence-electron chi connectivity index (χ3n) is 3.64. The molecule has 0 heterocycles. The number of carbonyl (C=O) groups is 2. The normalized spacial score (nSPS) is 11.8. The zero-order valence-electron chi connectivity index (χ0n) is 13.9. The van der Waals surface area contributed by atoms with Crippen molar-refractivity contribution in [1.82, 2.24) is 0 Å². The Labute approximate surface area is 141 Å². The zero-order chi connectivity index (χ0) is 17.7. The topological polar surface area (TPSA) is 75.6 Å². The van der Waals surface area contributed by atoms with Gasteiger partial charge in [-0.05, 0) is 42.7 Å². The summed E-state index contributed by atoms with van der Waals surface area (Å²) in [4.78, 5) is 23.4. The van der Waals surface area contributed by atoms with E-state index in [4.69, 9.17) is 9.84 Å². The van der Waals surface area contributed by atoms with Crippen molar-refractivity contribution in [2.24, 2.45) is 0 Å². The molecule has 1 unspecified atom stereocenters. The fourth-order valence-electron chi connectivity index (χ4n) is 2.20. The van der Waals surface area contributed by atoms with Crippen LogP contribution in [0.2, 0.25) is 0 Å². The van der Waals surface area contributed by atoms with Gasteiger partial charge in [0.15, 0.2) is 6.10 Å². The van der Waals surface area contributed by atoms with Crippen molar-refractivity contribution in [2.75, 3.05) is 5.32 Å². The summed E-state index contributed by atoms with van der Waals surface area (Å²) in [6, 6.07) is 13.8. The predicted octanol–water partition coefficient (Wildman–Crippen LogP) is 3.91. The molecular formula is C19H21NO4. The average Bonchev–Trinajstić information content (AvgIpc) is 2.55. The zero-order valence-corrected chi connectivity index (χ0v) is 13.9. The summed E-state index contributed by atoms with van der Waals surface area (Å²) in [7, 11) is 0. The van der Waals surface area contributed by atoms with Crippen LogP contribution in [0.15, 0.2) is 48.5 Å². The summed E-state index contributed by atoms with van der Waals surface area (Å²) in [6.07, 6.45) is -0.753. The Hall–Kier alpha value is -2.82. The Kier molecular flexibility index (Phi) is 5.58. The van der Waals surface area contributed by atoms with Gasteiger partial charge in [0, 0.05) is 0 Å². The molecule has 0 saturated heterocycles. The quantitative estimate of drug-likeness (QED) is 0.843. The number of ether oxygens (including phenoxy) is 1. The first-order valence-corrected chi connectivity index (χ1v) is 7.78. The minimum atomic E-state index is -1.09. The van der Waals surface area contributed by atoms with Crippen LogP contribution in [0.25, 0.3) is 0 Å². The molecule has 0 bridgehead atoms. The van der Waals surface area contributed by atoms with Gasteiger partial charge in [0.25, 0.3) is 5.91 Å². The first kappa shape index (κ1) is 17.5. The van der Waals surface area contributed by atoms with E-state index in [1.807, 2.05) is 24.3 Å². The fourth-order valence-corrected chi connectivity index (χ4v) is 2.20. The van der Waals surface area contributed by atoms with Crippen LogP contribution in [0, 0.1) is 0 Å². The highest BCUT2D eigenvalue weighted by Gasteiger charge is 2.18. The van der Waals surface area contributed by atoms with E-state index < -0.39 is 18.0 Å². The van der Waals surface area contributed by atoms with E-state index in [1.165, 1.54) is 11.6 Å². The molecule has 1 atom stereocenters. The number of benzene rings is 2. The lowest BCUT2D eigenvalue weighted by Crippen LogP contribution is -2.30. The SMILES string of the molecule is CC(Oc1ccc(C(C)C)cc1)C(=O)Nc1ccccc1C(=O)O. The molecule has 2 N–H and O–H groups in total. The maximum absolute atomic E-state index is 12.2. The molecule has 5 heteroatoms. The summed E-state index contributed by atoms with van der Waals surface area (Å²) in [5, 5.41) is 11.7. The van der Waals surface area contributed by atoms with Crippen LogP contribution in [-0.4, -0.2) is 23.1 Å². The Balaban J connectivity index is 2.03. The number of hydrogen-bond donors (Lipinski definition) is 2. The Morgan fingerprint density at radius 1 is 1.00 bits per heavy atom. The number of amides is 1. The lowest BCUT2D eigenvalue weighted by Gasteiger charge is -2.16. The highest BCUT2D eigenvalue weighted by Crippen LogP contribution is 2.20. The molecule has 24 heavy (non-hydrogen) atoms. The number of para-hydroxylation sites is 1. The second-order valence-corrected chi connectivity index (χ2v) is 5.82. The summed E-state index contributed by atoms with van der Waals surface area (Å²) in [5.74, 6) is -0.485. The number of carbonyl (C=O) groups excluding carboxylic acids is 1. The van der Waals surface area contributed by atoms with Gasteiger partial charge in [0.1, 0.15) is 5.75 Å². The van der Waals surface area contributed by atoms with Gasteiger partial charge in [-0.2, -0.15) is 0 Å². The lowest BCUT2D eigenvalue weighted by molar-refractivity contribution is -0.122. The number of hydrogen-bond acceptors (Lipinski definition) is 3. The maximum atomic E-state index is 12.2. The lowest BCUT2D eigenvalue weighted by atomic mass is 10.0. The van der Waals surface area contributed by atoms with E-state index in [1.54, 1.807) is 25.1 Å². The number of nitrogens with one attached hydrogen (secondary N) is 1. The first-order chi connectivity index (χ1) is 11.4. The number of rotatable bonds is 6. The first-order valence-electron chi connectivity index (χ1n) is 7.78. The van der Waals surface area contributed by atoms with Crippen molar-refractivity contribution < 1.29 is 19.4 Å². The largest absolute Gasteiger partial charge is 0.481 e. The number of carboxylic acids is 1. The molecule has 0 aliphatic rings. The molecule has 1 amide bonds. The van der Waals surface area contributed by atoms with Crippen LogP contribution in [0.1, 0.15) is 42.6 Å². The summed E-state index contributed by atoms with van der Waals surface area (Å²) in [5.41, 5.74) is 1.48. The second kappa shape index (κ2) is 7.64. The Morgan fingerprint density at radius 2 is 1.62 bits per heavy atom. The van der Waals surface area contributed by atoms with Gasteiger partial charge >= 0.3 is 5.97 Å². The minimum absolute atomic E-state index is 0.0411. The fraction of sp³-hybridized carbons (Fsp3) is 0.263. The van der Waals surface area contributed by atoms with Crippen molar-refractivity contribution in [1.29, 1.82) is 0 Å². The average molecular weight is 327 g/mol. The van der Waals surface area contributed by atoms with Crippen molar-refractivity contribution in [2.45, 2.75) is 32.8 Å². The summed E-state index contributed by atoms with van der Waals surface area (Å²) in [6.45, 7) is 5.83. The number of aromatic carboxylic acids is 1. The molecule has 2 aromatic carbocycles. The predicted molar refractivity (Wildman–Crippen MR) is 92.7 cm³/mol. The third kappa shape index (κ3) is 4.35. The van der Waals surface area contributed by atoms with Crippen LogP contribution >= 0.6 is 0 Å². The highest BCUT2D eigenvalue weighted by atomic mass is 16.5. The highest BCUT2D eigenvalue weighted by molar-refractivity contribution is 6.01. The standard InChI is InChI=1S/C19H21NO4/c1-12(2)14-8-10-15(11-9-14)24-13(3)18(21)20-17-7-5-4-6-16(17)19(22)23/h4-13H,1-3H3,(H,20,21)(H,22,23). The van der Waals surface area contributed by atoms with Crippen LogP contribution in [-0.2, 0) is 4.79 Å². The molecule has 0 aliphatic carbocycles. The Morgan fingerprint density at radius 3 is 2.21 bits per heavy atom. The molecule has 5 nitrogen and oxygen atoms in total. The van der Waals surface area contributed by atoms with E-state index in [9.17, 15) is 9.59 Å². The number of carboxylic acid groups (broad SMARTS) is 1. The van der Waals surface area contributed by atoms with E-state index >= 15 is 0 Å². The molecule has 0 aliphatic heterocycles. The van der Waals surface area contributed by atoms with Gasteiger partial charge in [-0.15, -0.1) is 0 Å². The minimum Gasteiger partial charge on any atom is -0.481 e. The van der Waals surface area contributed by atoms with Gasteiger partial charge in [-0.3, -0.25) is 4.79 Å². The van der Waals surface area contributed by atoms with Crippen molar-refractivity contribution in [3.63, 3.8) is 0 Å². The molecule has 0 spiro atoms. The van der Waals surface area contributed by atoms with Crippen molar-refractivity contribution in [3.05, 3.63) is 59.7 Å². The van der Waals surface area contributed by atoms with Crippen LogP contribution in [0.3, 0.4) is 0 Å². The number of anilines is 1. The van der Waals surface area contributed by atoms with Gasteiger partial charge in [-0.1, -0.05) is 38.1 Å². The van der Waals surface area contributed by atoms with E-state index in [-0.39, 0.29) is 11.3 Å². The summed E-state index contributed by atoms with van der Waals surface area (Å²) >= 11 is 0. The van der Waals surface area contributed by atoms with Crippen LogP contribution < -0.4 is 10.1 Å². The van der Waals surface area contributed by atoms with Crippen LogP contribution in [0.4, 0.5) is 5.69 Å². The van der Waals surface area contributed by atoms with Gasteiger partial charge in [0.2, 0.25) is 0 Å². The van der Waals surface area contributed by atoms with Crippen LogP contribution in [0.5, 0.6) is 5.75 Å². The van der Waals surface area contributed by atoms with E-state index in [0.29, 0.717) is 11.7 Å². The molecule has 2 rings (SSSR count). The molecule has 126 valence electrons. The smallest absolute Gasteiger partial charge is 0.337 e. The van der Waals surface area contributed by atoms with Gasteiger partial charge in [-0.25, -0.2) is 4.79 Å². The Bertz CT molecular complexity index is 722.